The minimum Gasteiger partial charge on any atom is -0.481 e. The molecule has 2 rings (SSSR count). The van der Waals surface area contributed by atoms with Gasteiger partial charge in [0.1, 0.15) is 5.75 Å². The average molecular weight is 227 g/mol. The molecule has 0 aromatic carbocycles. The van der Waals surface area contributed by atoms with Crippen LogP contribution in [0.15, 0.2) is 15.9 Å². The molecule has 0 aliphatic carbocycles. The number of H-pyrrole nitrogens is 1. The highest BCUT2D eigenvalue weighted by atomic mass is 32.2. The van der Waals surface area contributed by atoms with E-state index in [4.69, 9.17) is 9.63 Å². The number of aromatic nitrogens is 5. The first-order valence-corrected chi connectivity index (χ1v) is 4.78. The van der Waals surface area contributed by atoms with E-state index in [1.54, 1.807) is 0 Å². The van der Waals surface area contributed by atoms with Crippen LogP contribution in [0.5, 0.6) is 0 Å². The number of thioether (sulfide) groups is 1. The monoisotopic (exact) mass is 227 g/mol. The van der Waals surface area contributed by atoms with E-state index < -0.39 is 5.97 Å². The number of hydrogen-bond acceptors (Lipinski definition) is 7. The Hall–Kier alpha value is -1.90. The van der Waals surface area contributed by atoms with Crippen molar-refractivity contribution >= 4 is 17.7 Å². The van der Waals surface area contributed by atoms with Gasteiger partial charge in [-0.25, -0.2) is 0 Å². The second-order valence-corrected chi connectivity index (χ2v) is 3.35. The summed E-state index contributed by atoms with van der Waals surface area (Å²) >= 11 is 0.948. The summed E-state index contributed by atoms with van der Waals surface area (Å²) in [5.41, 5.74) is 0.445. The third-order valence-corrected chi connectivity index (χ3v) is 2.17. The summed E-state index contributed by atoms with van der Waals surface area (Å²) in [5, 5.41) is 22.0. The van der Waals surface area contributed by atoms with Crippen molar-refractivity contribution in [2.45, 2.75) is 5.22 Å². The van der Waals surface area contributed by atoms with Gasteiger partial charge >= 0.3 is 5.97 Å². The standard InChI is InChI=1S/C6H5N5O3S/c12-4(13)2-15-6-8-5(10-14-6)3-1-7-11-9-3/h1H,2H2,(H,12,13)(H,7,9,11). The van der Waals surface area contributed by atoms with Crippen molar-refractivity contribution in [1.82, 2.24) is 25.6 Å². The van der Waals surface area contributed by atoms with Gasteiger partial charge in [-0.1, -0.05) is 16.9 Å². The number of nitrogens with one attached hydrogen (secondary N) is 1. The average Bonchev–Trinajstić information content (AvgIpc) is 2.85. The molecule has 0 atom stereocenters. The van der Waals surface area contributed by atoms with Crippen LogP contribution in [0.2, 0.25) is 0 Å². The van der Waals surface area contributed by atoms with Gasteiger partial charge in [-0.05, 0) is 0 Å². The Bertz CT molecular complexity index is 453. The van der Waals surface area contributed by atoms with Crippen molar-refractivity contribution in [2.75, 3.05) is 5.75 Å². The second kappa shape index (κ2) is 4.09. The van der Waals surface area contributed by atoms with Gasteiger partial charge in [0, 0.05) is 0 Å². The third-order valence-electron chi connectivity index (χ3n) is 1.37. The Labute approximate surface area is 87.1 Å². The Morgan fingerprint density at radius 1 is 1.67 bits per heavy atom. The molecule has 2 aromatic rings. The summed E-state index contributed by atoms with van der Waals surface area (Å²) in [5.74, 6) is -0.793. The first-order valence-electron chi connectivity index (χ1n) is 3.80. The largest absolute Gasteiger partial charge is 0.481 e. The quantitative estimate of drug-likeness (QED) is 0.702. The lowest BCUT2D eigenvalue weighted by Gasteiger charge is -1.86. The fourth-order valence-electron chi connectivity index (χ4n) is 0.805. The predicted molar refractivity (Wildman–Crippen MR) is 48.0 cm³/mol. The number of carboxylic acids is 1. The molecule has 0 radical (unpaired) electrons. The van der Waals surface area contributed by atoms with Crippen molar-refractivity contribution in [1.29, 1.82) is 0 Å². The Morgan fingerprint density at radius 3 is 3.20 bits per heavy atom. The zero-order valence-electron chi connectivity index (χ0n) is 7.25. The van der Waals surface area contributed by atoms with Crippen molar-refractivity contribution in [2.24, 2.45) is 0 Å². The highest BCUT2D eigenvalue weighted by molar-refractivity contribution is 7.99. The molecule has 0 aliphatic rings. The molecular weight excluding hydrogens is 222 g/mol. The lowest BCUT2D eigenvalue weighted by molar-refractivity contribution is -0.133. The first kappa shape index (κ1) is 9.65. The molecule has 78 valence electrons. The van der Waals surface area contributed by atoms with Crippen molar-refractivity contribution in [3.63, 3.8) is 0 Å². The van der Waals surface area contributed by atoms with Gasteiger partial charge in [-0.15, -0.1) is 0 Å². The molecule has 8 nitrogen and oxygen atoms in total. The number of carboxylic acid groups (broad SMARTS) is 1. The molecule has 0 aliphatic heterocycles. The molecule has 0 fully saturated rings. The van der Waals surface area contributed by atoms with E-state index in [9.17, 15) is 4.79 Å². The van der Waals surface area contributed by atoms with Crippen LogP contribution in [-0.2, 0) is 4.79 Å². The molecule has 2 heterocycles. The van der Waals surface area contributed by atoms with Gasteiger partial charge in [0.25, 0.3) is 5.22 Å². The number of hydrogen-bond donors (Lipinski definition) is 2. The Kier molecular flexibility index (Phi) is 2.63. The summed E-state index contributed by atoms with van der Waals surface area (Å²) in [6.07, 6.45) is 1.44. The van der Waals surface area contributed by atoms with Gasteiger partial charge < -0.3 is 9.63 Å². The fourth-order valence-corrected chi connectivity index (χ4v) is 1.29. The van der Waals surface area contributed by atoms with Crippen LogP contribution in [0.4, 0.5) is 0 Å². The van der Waals surface area contributed by atoms with Crippen LogP contribution in [0.1, 0.15) is 0 Å². The van der Waals surface area contributed by atoms with E-state index in [0.29, 0.717) is 5.69 Å². The lowest BCUT2D eigenvalue weighted by Crippen LogP contribution is -1.97. The molecule has 15 heavy (non-hydrogen) atoms. The van der Waals surface area contributed by atoms with Crippen LogP contribution in [0, 0.1) is 0 Å². The summed E-state index contributed by atoms with van der Waals surface area (Å²) in [6, 6.07) is 0. The predicted octanol–water partition coefficient (Wildman–Crippen LogP) is 0.0314. The maximum Gasteiger partial charge on any atom is 0.314 e. The van der Waals surface area contributed by atoms with Crippen molar-refractivity contribution < 1.29 is 14.4 Å². The Morgan fingerprint density at radius 2 is 2.53 bits per heavy atom. The number of carbonyl (C=O) groups is 1. The molecule has 9 heteroatoms. The van der Waals surface area contributed by atoms with Gasteiger partial charge in [0.2, 0.25) is 5.82 Å². The topological polar surface area (TPSA) is 118 Å². The van der Waals surface area contributed by atoms with E-state index in [-0.39, 0.29) is 16.8 Å². The molecule has 0 amide bonds. The van der Waals surface area contributed by atoms with E-state index in [0.717, 1.165) is 11.8 Å². The zero-order valence-corrected chi connectivity index (χ0v) is 8.06. The molecule has 0 spiro atoms. The first-order chi connectivity index (χ1) is 7.25. The summed E-state index contributed by atoms with van der Waals surface area (Å²) in [6.45, 7) is 0. The highest BCUT2D eigenvalue weighted by Gasteiger charge is 2.12. The SMILES string of the molecule is O=C(O)CSc1nc(-c2cn[nH]n2)no1. The summed E-state index contributed by atoms with van der Waals surface area (Å²) in [4.78, 5) is 14.2. The van der Waals surface area contributed by atoms with Crippen molar-refractivity contribution in [3.05, 3.63) is 6.20 Å². The summed E-state index contributed by atoms with van der Waals surface area (Å²) < 4.78 is 4.80. The van der Waals surface area contributed by atoms with Crippen molar-refractivity contribution in [3.8, 4) is 11.5 Å². The van der Waals surface area contributed by atoms with E-state index in [1.807, 2.05) is 0 Å². The molecule has 0 saturated heterocycles. The smallest absolute Gasteiger partial charge is 0.314 e. The molecule has 2 N–H and O–H groups in total. The number of aromatic amines is 1. The molecular formula is C6H5N5O3S. The van der Waals surface area contributed by atoms with Crippen LogP contribution >= 0.6 is 11.8 Å². The fraction of sp³-hybridized carbons (Fsp3) is 0.167. The molecule has 0 saturated carbocycles. The highest BCUT2D eigenvalue weighted by Crippen LogP contribution is 2.18. The van der Waals surface area contributed by atoms with Crippen LogP contribution in [0.3, 0.4) is 0 Å². The van der Waals surface area contributed by atoms with Crippen LogP contribution in [0.25, 0.3) is 11.5 Å². The molecule has 0 bridgehead atoms. The number of rotatable bonds is 4. The normalized spacial score (nSPS) is 10.4. The van der Waals surface area contributed by atoms with Crippen LogP contribution < -0.4 is 0 Å². The lowest BCUT2D eigenvalue weighted by atomic mass is 10.5. The van der Waals surface area contributed by atoms with Gasteiger partial charge in [-0.2, -0.15) is 20.4 Å². The second-order valence-electron chi connectivity index (χ2n) is 2.42. The minimum atomic E-state index is -0.943. The Balaban J connectivity index is 2.08. The minimum absolute atomic E-state index is 0.125. The van der Waals surface area contributed by atoms with E-state index >= 15 is 0 Å². The van der Waals surface area contributed by atoms with E-state index in [1.165, 1.54) is 6.20 Å². The molecule has 2 aromatic heterocycles. The maximum atomic E-state index is 10.3. The number of nitrogens with zero attached hydrogens (tertiary/aromatic N) is 4. The zero-order chi connectivity index (χ0) is 10.7. The van der Waals surface area contributed by atoms with E-state index in [2.05, 4.69) is 25.6 Å². The number of aliphatic carboxylic acids is 1. The maximum absolute atomic E-state index is 10.3. The van der Waals surface area contributed by atoms with Gasteiger partial charge in [0.15, 0.2) is 5.69 Å². The summed E-state index contributed by atoms with van der Waals surface area (Å²) in [7, 11) is 0. The third kappa shape index (κ3) is 2.31. The van der Waals surface area contributed by atoms with Crippen LogP contribution in [-0.4, -0.2) is 42.4 Å². The van der Waals surface area contributed by atoms with Gasteiger partial charge in [-0.3, -0.25) is 4.79 Å². The van der Waals surface area contributed by atoms with Gasteiger partial charge in [0.05, 0.1) is 6.20 Å². The molecule has 0 unspecified atom stereocenters.